The molecule has 0 amide bonds. The second-order valence-corrected chi connectivity index (χ2v) is 8.33. The molecule has 0 aliphatic heterocycles. The standard InChI is InChI=1S/C25H18FO2S/c26-20-13-11-19(12-14-20)25(27)28-21-15-17-24(18-16-21)29(22-7-3-1-4-8-22)23-9-5-2-6-10-23/h1-18H/q+1. The van der Waals surface area contributed by atoms with E-state index in [-0.39, 0.29) is 16.7 Å². The Labute approximate surface area is 171 Å². The summed E-state index contributed by atoms with van der Waals surface area (Å²) in [6.07, 6.45) is 0. The van der Waals surface area contributed by atoms with Gasteiger partial charge in [0.1, 0.15) is 11.6 Å². The van der Waals surface area contributed by atoms with E-state index in [1.807, 2.05) is 48.5 Å². The van der Waals surface area contributed by atoms with Crippen molar-refractivity contribution >= 4 is 16.9 Å². The monoisotopic (exact) mass is 401 g/mol. The van der Waals surface area contributed by atoms with Gasteiger partial charge in [0, 0.05) is 0 Å². The number of hydrogen-bond acceptors (Lipinski definition) is 2. The van der Waals surface area contributed by atoms with E-state index in [1.165, 1.54) is 34.1 Å². The molecular weight excluding hydrogens is 383 g/mol. The lowest BCUT2D eigenvalue weighted by Gasteiger charge is -2.09. The summed E-state index contributed by atoms with van der Waals surface area (Å²) in [5.74, 6) is -0.449. The third kappa shape index (κ3) is 4.55. The molecule has 0 aliphatic carbocycles. The van der Waals surface area contributed by atoms with Crippen LogP contribution in [0, 0.1) is 5.82 Å². The molecule has 142 valence electrons. The van der Waals surface area contributed by atoms with Gasteiger partial charge in [-0.15, -0.1) is 0 Å². The van der Waals surface area contributed by atoms with Gasteiger partial charge in [-0.25, -0.2) is 9.18 Å². The molecule has 0 N–H and O–H groups in total. The van der Waals surface area contributed by atoms with Crippen LogP contribution >= 0.6 is 0 Å². The molecule has 0 saturated heterocycles. The van der Waals surface area contributed by atoms with Crippen LogP contribution in [-0.4, -0.2) is 5.97 Å². The van der Waals surface area contributed by atoms with Crippen molar-refractivity contribution < 1.29 is 13.9 Å². The molecule has 0 heterocycles. The zero-order chi connectivity index (χ0) is 20.1. The van der Waals surface area contributed by atoms with Crippen molar-refractivity contribution in [1.82, 2.24) is 0 Å². The molecule has 0 bridgehead atoms. The minimum absolute atomic E-state index is 0.256. The summed E-state index contributed by atoms with van der Waals surface area (Å²) in [6, 6.07) is 33.5. The first-order valence-corrected chi connectivity index (χ1v) is 10.4. The van der Waals surface area contributed by atoms with Crippen LogP contribution in [0.2, 0.25) is 0 Å². The predicted octanol–water partition coefficient (Wildman–Crippen LogP) is 6.14. The molecule has 0 aromatic heterocycles. The summed E-state index contributed by atoms with van der Waals surface area (Å²) in [4.78, 5) is 15.8. The molecule has 0 fully saturated rings. The maximum Gasteiger partial charge on any atom is 0.343 e. The lowest BCUT2D eigenvalue weighted by molar-refractivity contribution is 0.0734. The average molecular weight is 401 g/mol. The van der Waals surface area contributed by atoms with E-state index in [1.54, 1.807) is 12.1 Å². The number of rotatable bonds is 5. The fourth-order valence-corrected chi connectivity index (χ4v) is 5.00. The van der Waals surface area contributed by atoms with Crippen molar-refractivity contribution in [3.8, 4) is 5.75 Å². The number of halogens is 1. The average Bonchev–Trinajstić information content (AvgIpc) is 2.77. The number of benzene rings is 4. The van der Waals surface area contributed by atoms with Crippen LogP contribution in [0.5, 0.6) is 5.75 Å². The fraction of sp³-hybridized carbons (Fsp3) is 0. The Morgan fingerprint density at radius 1 is 0.621 bits per heavy atom. The Balaban J connectivity index is 1.59. The van der Waals surface area contributed by atoms with Crippen LogP contribution in [-0.2, 0) is 10.9 Å². The molecule has 4 heteroatoms. The van der Waals surface area contributed by atoms with Crippen LogP contribution in [0.25, 0.3) is 0 Å². The fourth-order valence-electron chi connectivity index (χ4n) is 2.92. The number of esters is 1. The van der Waals surface area contributed by atoms with E-state index in [2.05, 4.69) is 24.3 Å². The van der Waals surface area contributed by atoms with Gasteiger partial charge in [-0.1, -0.05) is 36.4 Å². The summed E-state index contributed by atoms with van der Waals surface area (Å²) in [6.45, 7) is 0. The molecule has 4 aromatic rings. The van der Waals surface area contributed by atoms with Crippen LogP contribution in [0.3, 0.4) is 0 Å². The van der Waals surface area contributed by atoms with E-state index in [0.717, 1.165) is 4.90 Å². The predicted molar refractivity (Wildman–Crippen MR) is 113 cm³/mol. The molecule has 0 spiro atoms. The van der Waals surface area contributed by atoms with Gasteiger partial charge in [-0.3, -0.25) is 0 Å². The van der Waals surface area contributed by atoms with Crippen molar-refractivity contribution in [2.24, 2.45) is 0 Å². The highest BCUT2D eigenvalue weighted by Gasteiger charge is 2.28. The lowest BCUT2D eigenvalue weighted by atomic mass is 10.2. The zero-order valence-corrected chi connectivity index (χ0v) is 16.3. The van der Waals surface area contributed by atoms with Crippen LogP contribution < -0.4 is 4.74 Å². The SMILES string of the molecule is O=C(Oc1ccc([S+](c2ccccc2)c2ccccc2)cc1)c1ccc(F)cc1. The van der Waals surface area contributed by atoms with Gasteiger partial charge in [0.25, 0.3) is 0 Å². The maximum atomic E-state index is 13.0. The van der Waals surface area contributed by atoms with E-state index in [4.69, 9.17) is 4.74 Å². The van der Waals surface area contributed by atoms with Gasteiger partial charge < -0.3 is 4.74 Å². The first-order chi connectivity index (χ1) is 14.2. The third-order valence-corrected chi connectivity index (χ3v) is 6.54. The zero-order valence-electron chi connectivity index (χ0n) is 15.5. The molecular formula is C25H18FO2S+. The molecule has 4 aromatic carbocycles. The van der Waals surface area contributed by atoms with Gasteiger partial charge in [0.15, 0.2) is 14.7 Å². The van der Waals surface area contributed by atoms with E-state index in [0.29, 0.717) is 11.3 Å². The molecule has 0 radical (unpaired) electrons. The molecule has 0 aliphatic rings. The van der Waals surface area contributed by atoms with Crippen LogP contribution in [0.15, 0.2) is 124 Å². The number of ether oxygens (including phenoxy) is 1. The number of carbonyl (C=O) groups excluding carboxylic acids is 1. The highest BCUT2D eigenvalue weighted by molar-refractivity contribution is 7.97. The molecule has 29 heavy (non-hydrogen) atoms. The van der Waals surface area contributed by atoms with E-state index in [9.17, 15) is 9.18 Å². The second kappa shape index (κ2) is 8.76. The van der Waals surface area contributed by atoms with Gasteiger partial charge in [0.2, 0.25) is 0 Å². The third-order valence-electron chi connectivity index (χ3n) is 4.31. The highest BCUT2D eigenvalue weighted by Crippen LogP contribution is 2.32. The van der Waals surface area contributed by atoms with Crippen molar-refractivity contribution in [1.29, 1.82) is 0 Å². The van der Waals surface area contributed by atoms with Crippen molar-refractivity contribution in [2.45, 2.75) is 14.7 Å². The largest absolute Gasteiger partial charge is 0.423 e. The Bertz CT molecular complexity index is 1040. The summed E-state index contributed by atoms with van der Waals surface area (Å²) in [7, 11) is -0.256. The van der Waals surface area contributed by atoms with Gasteiger partial charge in [0.05, 0.1) is 16.5 Å². The first-order valence-electron chi connectivity index (χ1n) is 9.13. The molecule has 0 atom stereocenters. The van der Waals surface area contributed by atoms with Crippen molar-refractivity contribution in [3.63, 3.8) is 0 Å². The minimum atomic E-state index is -0.511. The summed E-state index contributed by atoms with van der Waals surface area (Å²) in [5.41, 5.74) is 0.309. The van der Waals surface area contributed by atoms with Crippen LogP contribution in [0.1, 0.15) is 10.4 Å². The Hall–Kier alpha value is -3.37. The Kier molecular flexibility index (Phi) is 5.73. The maximum absolute atomic E-state index is 13.0. The molecule has 2 nitrogen and oxygen atoms in total. The Morgan fingerprint density at radius 3 is 1.62 bits per heavy atom. The van der Waals surface area contributed by atoms with Gasteiger partial charge in [-0.2, -0.15) is 0 Å². The lowest BCUT2D eigenvalue weighted by Crippen LogP contribution is -2.09. The molecule has 0 unspecified atom stereocenters. The molecule has 0 saturated carbocycles. The van der Waals surface area contributed by atoms with Gasteiger partial charge in [-0.05, 0) is 72.8 Å². The summed E-state index contributed by atoms with van der Waals surface area (Å²) < 4.78 is 18.5. The van der Waals surface area contributed by atoms with E-state index < -0.39 is 5.97 Å². The second-order valence-electron chi connectivity index (χ2n) is 6.30. The van der Waals surface area contributed by atoms with Crippen molar-refractivity contribution in [3.05, 3.63) is 121 Å². The Morgan fingerprint density at radius 2 is 1.10 bits per heavy atom. The number of carbonyl (C=O) groups is 1. The van der Waals surface area contributed by atoms with Crippen molar-refractivity contribution in [2.75, 3.05) is 0 Å². The first kappa shape index (κ1) is 19.0. The molecule has 4 rings (SSSR count). The minimum Gasteiger partial charge on any atom is -0.423 e. The van der Waals surface area contributed by atoms with Crippen LogP contribution in [0.4, 0.5) is 4.39 Å². The summed E-state index contributed by atoms with van der Waals surface area (Å²) in [5, 5.41) is 0. The normalized spacial score (nSPS) is 10.7. The smallest absolute Gasteiger partial charge is 0.343 e. The summed E-state index contributed by atoms with van der Waals surface area (Å²) >= 11 is 0. The number of hydrogen-bond donors (Lipinski definition) is 0. The van der Waals surface area contributed by atoms with E-state index >= 15 is 0 Å². The van der Waals surface area contributed by atoms with Gasteiger partial charge >= 0.3 is 5.97 Å². The highest BCUT2D eigenvalue weighted by atomic mass is 32.2. The quantitative estimate of drug-likeness (QED) is 0.228. The topological polar surface area (TPSA) is 26.3 Å².